The van der Waals surface area contributed by atoms with E-state index in [0.717, 1.165) is 0 Å². The molecule has 0 fully saturated rings. The summed E-state index contributed by atoms with van der Waals surface area (Å²) >= 11 is 0. The molecule has 0 heterocycles. The second-order valence-corrected chi connectivity index (χ2v) is 2.13. The van der Waals surface area contributed by atoms with Crippen molar-refractivity contribution < 1.29 is 14.5 Å². The number of carbonyl (C=O) groups excluding carboxylic acids is 2. The summed E-state index contributed by atoms with van der Waals surface area (Å²) < 4.78 is 0. The zero-order chi connectivity index (χ0) is 9.52. The van der Waals surface area contributed by atoms with Gasteiger partial charge in [-0.3, -0.25) is 9.59 Å². The van der Waals surface area contributed by atoms with Crippen LogP contribution in [0.25, 0.3) is 0 Å². The Hall–Kier alpha value is -1.88. The highest BCUT2D eigenvalue weighted by atomic mass is 16.8. The highest BCUT2D eigenvalue weighted by molar-refractivity contribution is 5.93. The minimum Gasteiger partial charge on any atom is -0.277 e. The third-order valence-electron chi connectivity index (χ3n) is 1.29. The SMILES string of the molecule is O=CNONC(=O)c1ccccc1. The average Bonchev–Trinajstić information content (AvgIpc) is 2.19. The van der Waals surface area contributed by atoms with Gasteiger partial charge in [0.05, 0.1) is 0 Å². The van der Waals surface area contributed by atoms with E-state index in [9.17, 15) is 9.59 Å². The lowest BCUT2D eigenvalue weighted by atomic mass is 10.2. The summed E-state index contributed by atoms with van der Waals surface area (Å²) in [6.45, 7) is 0. The zero-order valence-corrected chi connectivity index (χ0v) is 6.69. The Bertz CT molecular complexity index is 287. The molecule has 0 unspecified atom stereocenters. The predicted molar refractivity (Wildman–Crippen MR) is 44.2 cm³/mol. The van der Waals surface area contributed by atoms with Crippen molar-refractivity contribution in [3.63, 3.8) is 0 Å². The highest BCUT2D eigenvalue weighted by Crippen LogP contribution is 1.96. The van der Waals surface area contributed by atoms with Gasteiger partial charge in [0, 0.05) is 5.56 Å². The second-order valence-electron chi connectivity index (χ2n) is 2.13. The van der Waals surface area contributed by atoms with Gasteiger partial charge in [-0.1, -0.05) is 18.2 Å². The van der Waals surface area contributed by atoms with Crippen LogP contribution in [-0.4, -0.2) is 12.3 Å². The van der Waals surface area contributed by atoms with Crippen molar-refractivity contribution in [3.05, 3.63) is 35.9 Å². The largest absolute Gasteiger partial charge is 0.277 e. The Morgan fingerprint density at radius 1 is 1.31 bits per heavy atom. The van der Waals surface area contributed by atoms with Crippen LogP contribution in [-0.2, 0) is 9.73 Å². The van der Waals surface area contributed by atoms with Crippen molar-refractivity contribution in [2.75, 3.05) is 0 Å². The van der Waals surface area contributed by atoms with Crippen LogP contribution in [0.5, 0.6) is 0 Å². The Kier molecular flexibility index (Phi) is 3.46. The molecule has 68 valence electrons. The highest BCUT2D eigenvalue weighted by Gasteiger charge is 2.02. The van der Waals surface area contributed by atoms with Crippen LogP contribution < -0.4 is 11.0 Å². The quantitative estimate of drug-likeness (QED) is 0.389. The molecular weight excluding hydrogens is 172 g/mol. The molecule has 1 rings (SSSR count). The van der Waals surface area contributed by atoms with E-state index >= 15 is 0 Å². The van der Waals surface area contributed by atoms with Crippen LogP contribution in [0.1, 0.15) is 10.4 Å². The number of hydroxylamine groups is 2. The zero-order valence-electron chi connectivity index (χ0n) is 6.69. The van der Waals surface area contributed by atoms with Gasteiger partial charge in [0.15, 0.2) is 0 Å². The van der Waals surface area contributed by atoms with Crippen LogP contribution in [0.4, 0.5) is 0 Å². The van der Waals surface area contributed by atoms with Gasteiger partial charge in [-0.25, -0.2) is 11.0 Å². The van der Waals surface area contributed by atoms with Crippen LogP contribution in [0.2, 0.25) is 0 Å². The molecule has 0 bridgehead atoms. The Labute approximate surface area is 74.6 Å². The standard InChI is InChI=1S/C8H8N2O3/c11-6-9-13-10-8(12)7-4-2-1-3-5-7/h1-6H,(H,9,11)(H,10,12). The smallest absolute Gasteiger partial charge is 0.276 e. The topological polar surface area (TPSA) is 67.4 Å². The summed E-state index contributed by atoms with van der Waals surface area (Å²) in [6, 6.07) is 8.49. The van der Waals surface area contributed by atoms with E-state index in [-0.39, 0.29) is 0 Å². The van der Waals surface area contributed by atoms with E-state index < -0.39 is 5.91 Å². The van der Waals surface area contributed by atoms with Gasteiger partial charge in [-0.05, 0) is 12.1 Å². The summed E-state index contributed by atoms with van der Waals surface area (Å²) in [6.07, 6.45) is 0.311. The molecule has 0 saturated carbocycles. The number of benzene rings is 1. The minimum absolute atomic E-state index is 0.311. The fourth-order valence-corrected chi connectivity index (χ4v) is 0.748. The maximum absolute atomic E-state index is 11.1. The molecule has 5 heteroatoms. The molecule has 2 N–H and O–H groups in total. The van der Waals surface area contributed by atoms with Crippen molar-refractivity contribution in [2.24, 2.45) is 0 Å². The Balaban J connectivity index is 2.45. The van der Waals surface area contributed by atoms with Gasteiger partial charge >= 0.3 is 0 Å². The third-order valence-corrected chi connectivity index (χ3v) is 1.29. The van der Waals surface area contributed by atoms with Crippen molar-refractivity contribution in [3.8, 4) is 0 Å². The van der Waals surface area contributed by atoms with Gasteiger partial charge in [0.25, 0.3) is 5.91 Å². The molecule has 0 aliphatic carbocycles. The molecule has 1 aromatic carbocycles. The normalized spacial score (nSPS) is 8.92. The Morgan fingerprint density at radius 2 is 2.00 bits per heavy atom. The molecule has 0 aromatic heterocycles. The molecule has 0 aliphatic heterocycles. The van der Waals surface area contributed by atoms with E-state index in [2.05, 4.69) is 4.94 Å². The fraction of sp³-hybridized carbons (Fsp3) is 0. The maximum atomic E-state index is 11.1. The summed E-state index contributed by atoms with van der Waals surface area (Å²) in [5.74, 6) is -0.421. The first-order valence-corrected chi connectivity index (χ1v) is 3.55. The van der Waals surface area contributed by atoms with E-state index in [0.29, 0.717) is 12.0 Å². The number of nitrogens with one attached hydrogen (secondary N) is 2. The fourth-order valence-electron chi connectivity index (χ4n) is 0.748. The van der Waals surface area contributed by atoms with Crippen LogP contribution in [0.15, 0.2) is 30.3 Å². The van der Waals surface area contributed by atoms with Crippen molar-refractivity contribution in [1.82, 2.24) is 11.0 Å². The van der Waals surface area contributed by atoms with Gasteiger partial charge in [-0.15, -0.1) is 0 Å². The van der Waals surface area contributed by atoms with Gasteiger partial charge < -0.3 is 0 Å². The van der Waals surface area contributed by atoms with Crippen LogP contribution >= 0.6 is 0 Å². The summed E-state index contributed by atoms with van der Waals surface area (Å²) in [4.78, 5) is 25.1. The average molecular weight is 180 g/mol. The number of hydrogen-bond donors (Lipinski definition) is 2. The minimum atomic E-state index is -0.421. The van der Waals surface area contributed by atoms with Crippen molar-refractivity contribution in [2.45, 2.75) is 0 Å². The van der Waals surface area contributed by atoms with Gasteiger partial charge in [0.2, 0.25) is 6.41 Å². The first-order valence-electron chi connectivity index (χ1n) is 3.55. The summed E-state index contributed by atoms with van der Waals surface area (Å²) in [5.41, 5.74) is 4.31. The first kappa shape index (κ1) is 9.21. The van der Waals surface area contributed by atoms with E-state index in [1.807, 2.05) is 11.0 Å². The summed E-state index contributed by atoms with van der Waals surface area (Å²) in [7, 11) is 0. The number of rotatable bonds is 4. The number of carbonyl (C=O) groups is 2. The molecular formula is C8H8N2O3. The third kappa shape index (κ3) is 2.92. The second kappa shape index (κ2) is 4.89. The predicted octanol–water partition coefficient (Wildman–Crippen LogP) is 0.00900. The molecule has 5 nitrogen and oxygen atoms in total. The number of hydrogen-bond acceptors (Lipinski definition) is 3. The van der Waals surface area contributed by atoms with E-state index in [4.69, 9.17) is 0 Å². The lowest BCUT2D eigenvalue weighted by Crippen LogP contribution is -2.30. The van der Waals surface area contributed by atoms with Crippen molar-refractivity contribution in [1.29, 1.82) is 0 Å². The van der Waals surface area contributed by atoms with Gasteiger partial charge in [0.1, 0.15) is 0 Å². The maximum Gasteiger partial charge on any atom is 0.276 e. The van der Waals surface area contributed by atoms with Crippen molar-refractivity contribution >= 4 is 12.3 Å². The molecule has 0 spiro atoms. The molecule has 1 aromatic rings. The molecule has 0 saturated heterocycles. The Morgan fingerprint density at radius 3 is 2.62 bits per heavy atom. The molecule has 0 aliphatic rings. The summed E-state index contributed by atoms with van der Waals surface area (Å²) in [5, 5.41) is 0. The lowest BCUT2D eigenvalue weighted by Gasteiger charge is -2.01. The van der Waals surface area contributed by atoms with E-state index in [1.54, 1.807) is 30.3 Å². The molecule has 0 atom stereocenters. The van der Waals surface area contributed by atoms with E-state index in [1.165, 1.54) is 0 Å². The first-order chi connectivity index (χ1) is 6.34. The molecule has 2 amide bonds. The monoisotopic (exact) mass is 180 g/mol. The molecule has 13 heavy (non-hydrogen) atoms. The lowest BCUT2D eigenvalue weighted by molar-refractivity contribution is -0.124. The van der Waals surface area contributed by atoms with Crippen LogP contribution in [0, 0.1) is 0 Å². The molecule has 0 radical (unpaired) electrons. The van der Waals surface area contributed by atoms with Gasteiger partial charge in [-0.2, -0.15) is 4.94 Å². The number of amides is 2. The van der Waals surface area contributed by atoms with Crippen LogP contribution in [0.3, 0.4) is 0 Å².